The van der Waals surface area contributed by atoms with Gasteiger partial charge in [-0.25, -0.2) is 4.90 Å². The van der Waals surface area contributed by atoms with Crippen molar-refractivity contribution >= 4 is 29.1 Å². The average Bonchev–Trinajstić information content (AvgIpc) is 3.09. The maximum atomic E-state index is 13.1. The van der Waals surface area contributed by atoms with Crippen molar-refractivity contribution in [2.45, 2.75) is 19.4 Å². The predicted octanol–water partition coefficient (Wildman–Crippen LogP) is 1.97. The Morgan fingerprint density at radius 3 is 2.50 bits per heavy atom. The smallest absolute Gasteiger partial charge is 0.251 e. The van der Waals surface area contributed by atoms with Gasteiger partial charge in [-0.15, -0.1) is 0 Å². The first-order chi connectivity index (χ1) is 15.5. The van der Waals surface area contributed by atoms with E-state index in [0.717, 1.165) is 5.69 Å². The molecule has 2 aliphatic rings. The fourth-order valence-corrected chi connectivity index (χ4v) is 4.21. The molecule has 2 aliphatic heterocycles. The largest absolute Gasteiger partial charge is 0.494 e. The van der Waals surface area contributed by atoms with Crippen LogP contribution in [0.5, 0.6) is 5.75 Å². The van der Waals surface area contributed by atoms with E-state index in [1.54, 1.807) is 18.2 Å². The van der Waals surface area contributed by atoms with Crippen molar-refractivity contribution in [2.75, 3.05) is 49.5 Å². The number of nitrogens with one attached hydrogen (secondary N) is 1. The molecule has 0 saturated carbocycles. The fraction of sp³-hybridized carbons (Fsp3) is 0.375. The zero-order valence-corrected chi connectivity index (χ0v) is 18.2. The Balaban J connectivity index is 1.32. The molecule has 1 unspecified atom stereocenters. The Morgan fingerprint density at radius 1 is 1.03 bits per heavy atom. The zero-order chi connectivity index (χ0) is 22.5. The molecule has 0 bridgehead atoms. The molecule has 0 radical (unpaired) electrons. The van der Waals surface area contributed by atoms with Crippen molar-refractivity contribution in [1.82, 2.24) is 9.80 Å². The first-order valence-corrected chi connectivity index (χ1v) is 11.0. The standard InChI is InChI=1S/C24H28N4O4/c1-2-32-20-10-6-9-19(15-20)28-23(30)16-21(24(28)31)27-13-11-26(12-14-27)17-22(29)25-18-7-4-3-5-8-18/h3-10,15,21H,2,11-14,16-17H2,1H3,(H,25,29). The summed E-state index contributed by atoms with van der Waals surface area (Å²) in [5.41, 5.74) is 1.32. The number of hydrogen-bond donors (Lipinski definition) is 1. The molecule has 2 aromatic rings. The summed E-state index contributed by atoms with van der Waals surface area (Å²) in [5, 5.41) is 2.90. The van der Waals surface area contributed by atoms with Gasteiger partial charge in [0, 0.05) is 37.9 Å². The third kappa shape index (κ3) is 4.98. The predicted molar refractivity (Wildman–Crippen MR) is 122 cm³/mol. The van der Waals surface area contributed by atoms with Gasteiger partial charge in [-0.3, -0.25) is 24.2 Å². The minimum absolute atomic E-state index is 0.0582. The number of benzene rings is 2. The molecular formula is C24H28N4O4. The highest BCUT2D eigenvalue weighted by atomic mass is 16.5. The number of para-hydroxylation sites is 1. The number of anilines is 2. The number of imide groups is 1. The van der Waals surface area contributed by atoms with Gasteiger partial charge in [-0.2, -0.15) is 0 Å². The molecule has 0 aliphatic carbocycles. The summed E-state index contributed by atoms with van der Waals surface area (Å²) >= 11 is 0. The number of piperazine rings is 1. The Morgan fingerprint density at radius 2 is 1.78 bits per heavy atom. The fourth-order valence-electron chi connectivity index (χ4n) is 4.21. The van der Waals surface area contributed by atoms with Crippen molar-refractivity contribution < 1.29 is 19.1 Å². The summed E-state index contributed by atoms with van der Waals surface area (Å²) in [6, 6.07) is 16.0. The third-order valence-electron chi connectivity index (χ3n) is 5.78. The minimum atomic E-state index is -0.460. The van der Waals surface area contributed by atoms with Gasteiger partial charge in [0.1, 0.15) is 5.75 Å². The topological polar surface area (TPSA) is 82.2 Å². The molecule has 3 amide bonds. The normalized spacial score (nSPS) is 19.9. The molecule has 2 aromatic carbocycles. The molecule has 8 nitrogen and oxygen atoms in total. The molecule has 168 valence electrons. The molecule has 8 heteroatoms. The van der Waals surface area contributed by atoms with E-state index in [2.05, 4.69) is 15.1 Å². The Bertz CT molecular complexity index is 973. The number of nitrogens with zero attached hydrogens (tertiary/aromatic N) is 3. The van der Waals surface area contributed by atoms with Gasteiger partial charge in [-0.1, -0.05) is 24.3 Å². The van der Waals surface area contributed by atoms with E-state index in [1.807, 2.05) is 43.3 Å². The summed E-state index contributed by atoms with van der Waals surface area (Å²) in [7, 11) is 0. The maximum absolute atomic E-state index is 13.1. The van der Waals surface area contributed by atoms with Crippen molar-refractivity contribution in [3.05, 3.63) is 54.6 Å². The first-order valence-electron chi connectivity index (χ1n) is 11.0. The molecular weight excluding hydrogens is 408 g/mol. The Hall–Kier alpha value is -3.23. The molecule has 0 aromatic heterocycles. The highest BCUT2D eigenvalue weighted by molar-refractivity contribution is 6.22. The van der Waals surface area contributed by atoms with Crippen molar-refractivity contribution in [3.8, 4) is 5.75 Å². The molecule has 1 N–H and O–H groups in total. The van der Waals surface area contributed by atoms with Gasteiger partial charge in [0.25, 0.3) is 5.91 Å². The number of amides is 3. The Kier molecular flexibility index (Phi) is 6.82. The molecule has 2 heterocycles. The number of hydrogen-bond acceptors (Lipinski definition) is 6. The summed E-state index contributed by atoms with van der Waals surface area (Å²) in [4.78, 5) is 43.5. The van der Waals surface area contributed by atoms with E-state index >= 15 is 0 Å². The van der Waals surface area contributed by atoms with E-state index in [0.29, 0.717) is 50.8 Å². The van der Waals surface area contributed by atoms with E-state index in [-0.39, 0.29) is 24.1 Å². The molecule has 2 saturated heterocycles. The van der Waals surface area contributed by atoms with Gasteiger partial charge < -0.3 is 10.1 Å². The SMILES string of the molecule is CCOc1cccc(N2C(=O)CC(N3CCN(CC(=O)Nc4ccccc4)CC3)C2=O)c1. The second kappa shape index (κ2) is 9.93. The number of carbonyl (C=O) groups excluding carboxylic acids is 3. The first kappa shape index (κ1) is 22.0. The van der Waals surface area contributed by atoms with Crippen LogP contribution in [0.25, 0.3) is 0 Å². The lowest BCUT2D eigenvalue weighted by Crippen LogP contribution is -2.53. The van der Waals surface area contributed by atoms with E-state index in [1.165, 1.54) is 4.90 Å². The van der Waals surface area contributed by atoms with Crippen LogP contribution < -0.4 is 15.0 Å². The second-order valence-corrected chi connectivity index (χ2v) is 7.94. The Labute approximate surface area is 187 Å². The van der Waals surface area contributed by atoms with Crippen LogP contribution >= 0.6 is 0 Å². The molecule has 1 atom stereocenters. The highest BCUT2D eigenvalue weighted by Gasteiger charge is 2.43. The molecule has 4 rings (SSSR count). The maximum Gasteiger partial charge on any atom is 0.251 e. The second-order valence-electron chi connectivity index (χ2n) is 7.94. The zero-order valence-electron chi connectivity index (χ0n) is 18.2. The van der Waals surface area contributed by atoms with Gasteiger partial charge in [0.05, 0.1) is 31.3 Å². The van der Waals surface area contributed by atoms with Gasteiger partial charge >= 0.3 is 0 Å². The molecule has 32 heavy (non-hydrogen) atoms. The van der Waals surface area contributed by atoms with Gasteiger partial charge in [0.2, 0.25) is 11.8 Å². The lowest BCUT2D eigenvalue weighted by atomic mass is 10.1. The number of ether oxygens (including phenoxy) is 1. The highest BCUT2D eigenvalue weighted by Crippen LogP contribution is 2.29. The van der Waals surface area contributed by atoms with Gasteiger partial charge in [0.15, 0.2) is 0 Å². The minimum Gasteiger partial charge on any atom is -0.494 e. The van der Waals surface area contributed by atoms with Crippen LogP contribution in [0.3, 0.4) is 0 Å². The van der Waals surface area contributed by atoms with Crippen LogP contribution in [-0.4, -0.2) is 72.9 Å². The number of rotatable bonds is 7. The van der Waals surface area contributed by atoms with Crippen LogP contribution in [0, 0.1) is 0 Å². The van der Waals surface area contributed by atoms with E-state index < -0.39 is 6.04 Å². The average molecular weight is 437 g/mol. The summed E-state index contributed by atoms with van der Waals surface area (Å²) in [5.74, 6) is 0.186. The van der Waals surface area contributed by atoms with E-state index in [9.17, 15) is 14.4 Å². The summed E-state index contributed by atoms with van der Waals surface area (Å²) < 4.78 is 5.50. The van der Waals surface area contributed by atoms with Crippen LogP contribution in [0.15, 0.2) is 54.6 Å². The van der Waals surface area contributed by atoms with Crippen LogP contribution in [-0.2, 0) is 14.4 Å². The van der Waals surface area contributed by atoms with Crippen LogP contribution in [0.2, 0.25) is 0 Å². The van der Waals surface area contributed by atoms with Gasteiger partial charge in [-0.05, 0) is 31.2 Å². The lowest BCUT2D eigenvalue weighted by Gasteiger charge is -2.36. The summed E-state index contributed by atoms with van der Waals surface area (Å²) in [6.07, 6.45) is 0.173. The van der Waals surface area contributed by atoms with Crippen molar-refractivity contribution in [3.63, 3.8) is 0 Å². The molecule has 0 spiro atoms. The van der Waals surface area contributed by atoms with Crippen molar-refractivity contribution in [2.24, 2.45) is 0 Å². The van der Waals surface area contributed by atoms with Crippen LogP contribution in [0.4, 0.5) is 11.4 Å². The van der Waals surface area contributed by atoms with Crippen molar-refractivity contribution in [1.29, 1.82) is 0 Å². The molecule has 2 fully saturated rings. The lowest BCUT2D eigenvalue weighted by molar-refractivity contribution is -0.124. The van der Waals surface area contributed by atoms with E-state index in [4.69, 9.17) is 4.74 Å². The summed E-state index contributed by atoms with van der Waals surface area (Å²) in [6.45, 7) is 5.31. The monoisotopic (exact) mass is 436 g/mol. The quantitative estimate of drug-likeness (QED) is 0.669. The van der Waals surface area contributed by atoms with Crippen LogP contribution in [0.1, 0.15) is 13.3 Å². The third-order valence-corrected chi connectivity index (χ3v) is 5.78. The number of carbonyl (C=O) groups is 3.